The molecule has 3 nitrogen and oxygen atoms in total. The Hall–Kier alpha value is -0.420. The Bertz CT molecular complexity index is 464. The number of rotatable bonds is 3. The normalized spacial score (nSPS) is 15.6. The van der Waals surface area contributed by atoms with Gasteiger partial charge in [0, 0.05) is 18.0 Å². The van der Waals surface area contributed by atoms with Crippen molar-refractivity contribution in [1.82, 2.24) is 10.2 Å². The number of nitrogens with zero attached hydrogens (tertiary/aromatic N) is 1. The molecule has 0 saturated carbocycles. The molecule has 1 aliphatic heterocycles. The highest BCUT2D eigenvalue weighted by atomic mass is 35.5. The van der Waals surface area contributed by atoms with Gasteiger partial charge in [-0.15, -0.1) is 24.2 Å². The van der Waals surface area contributed by atoms with Crippen LogP contribution in [0.2, 0.25) is 5.02 Å². The van der Waals surface area contributed by atoms with Gasteiger partial charge in [0.1, 0.15) is 0 Å². The van der Waals surface area contributed by atoms with Crippen LogP contribution in [-0.4, -0.2) is 43.2 Å². The number of hydrogen-bond acceptors (Lipinski definition) is 3. The number of thioether (sulfide) groups is 1. The molecule has 6 heteroatoms. The molecule has 20 heavy (non-hydrogen) atoms. The summed E-state index contributed by atoms with van der Waals surface area (Å²) in [4.78, 5) is 15.4. The first-order chi connectivity index (χ1) is 9.13. The van der Waals surface area contributed by atoms with Gasteiger partial charge >= 0.3 is 0 Å². The molecule has 1 aliphatic rings. The van der Waals surface area contributed by atoms with Gasteiger partial charge in [-0.3, -0.25) is 4.79 Å². The number of carbonyl (C=O) groups is 1. The van der Waals surface area contributed by atoms with Gasteiger partial charge in [0.05, 0.1) is 10.6 Å². The molecular formula is C14H20Cl2N2OS. The zero-order valence-electron chi connectivity index (χ0n) is 11.7. The number of piperidine rings is 1. The van der Waals surface area contributed by atoms with Crippen LogP contribution in [0.25, 0.3) is 0 Å². The van der Waals surface area contributed by atoms with Gasteiger partial charge in [-0.05, 0) is 50.4 Å². The summed E-state index contributed by atoms with van der Waals surface area (Å²) in [6, 6.07) is 5.93. The first-order valence-electron chi connectivity index (χ1n) is 6.45. The average molecular weight is 335 g/mol. The van der Waals surface area contributed by atoms with E-state index in [4.69, 9.17) is 11.6 Å². The fraction of sp³-hybridized carbons (Fsp3) is 0.500. The number of carbonyl (C=O) groups excluding carboxylic acids is 1. The second kappa shape index (κ2) is 8.13. The van der Waals surface area contributed by atoms with Gasteiger partial charge in [-0.1, -0.05) is 11.6 Å². The molecule has 0 atom stereocenters. The monoisotopic (exact) mass is 334 g/mol. The quantitative estimate of drug-likeness (QED) is 0.860. The predicted octanol–water partition coefficient (Wildman–Crippen LogP) is 3.31. The molecule has 0 radical (unpaired) electrons. The molecule has 0 unspecified atom stereocenters. The maximum absolute atomic E-state index is 12.5. The zero-order valence-corrected chi connectivity index (χ0v) is 14.1. The van der Waals surface area contributed by atoms with E-state index in [1.165, 1.54) is 0 Å². The molecule has 1 saturated heterocycles. The van der Waals surface area contributed by atoms with Crippen molar-refractivity contribution in [1.29, 1.82) is 0 Å². The average Bonchev–Trinajstić information content (AvgIpc) is 2.47. The number of amides is 1. The number of nitrogens with one attached hydrogen (secondary N) is 1. The molecule has 2 rings (SSSR count). The molecule has 1 fully saturated rings. The van der Waals surface area contributed by atoms with Crippen molar-refractivity contribution in [3.8, 4) is 0 Å². The number of benzene rings is 1. The Kier molecular flexibility index (Phi) is 7.17. The summed E-state index contributed by atoms with van der Waals surface area (Å²) in [6.45, 7) is 1.95. The van der Waals surface area contributed by atoms with Crippen molar-refractivity contribution in [2.45, 2.75) is 23.8 Å². The summed E-state index contributed by atoms with van der Waals surface area (Å²) < 4.78 is 0. The minimum absolute atomic E-state index is 0. The minimum atomic E-state index is 0. The van der Waals surface area contributed by atoms with Crippen LogP contribution in [0.5, 0.6) is 0 Å². The molecule has 1 N–H and O–H groups in total. The van der Waals surface area contributed by atoms with E-state index in [9.17, 15) is 4.79 Å². The maximum atomic E-state index is 12.5. The highest BCUT2D eigenvalue weighted by molar-refractivity contribution is 7.98. The molecule has 1 aromatic rings. The summed E-state index contributed by atoms with van der Waals surface area (Å²) >= 11 is 7.78. The topological polar surface area (TPSA) is 32.3 Å². The highest BCUT2D eigenvalue weighted by Gasteiger charge is 2.24. The van der Waals surface area contributed by atoms with E-state index in [0.29, 0.717) is 16.6 Å². The lowest BCUT2D eigenvalue weighted by Crippen LogP contribution is -2.44. The fourth-order valence-corrected chi connectivity index (χ4v) is 2.98. The summed E-state index contributed by atoms with van der Waals surface area (Å²) in [7, 11) is 1.88. The van der Waals surface area contributed by atoms with E-state index in [1.807, 2.05) is 30.3 Å². The van der Waals surface area contributed by atoms with E-state index in [0.717, 1.165) is 30.8 Å². The molecule has 1 aromatic carbocycles. The largest absolute Gasteiger partial charge is 0.339 e. The molecule has 0 aliphatic carbocycles. The van der Waals surface area contributed by atoms with Crippen molar-refractivity contribution < 1.29 is 4.79 Å². The van der Waals surface area contributed by atoms with Crippen LogP contribution < -0.4 is 5.32 Å². The first kappa shape index (κ1) is 17.6. The molecule has 1 heterocycles. The van der Waals surface area contributed by atoms with E-state index < -0.39 is 0 Å². The minimum Gasteiger partial charge on any atom is -0.339 e. The predicted molar refractivity (Wildman–Crippen MR) is 88.5 cm³/mol. The van der Waals surface area contributed by atoms with Gasteiger partial charge < -0.3 is 10.2 Å². The second-order valence-electron chi connectivity index (χ2n) is 4.74. The van der Waals surface area contributed by atoms with Crippen LogP contribution in [-0.2, 0) is 0 Å². The second-order valence-corrected chi connectivity index (χ2v) is 6.03. The van der Waals surface area contributed by atoms with E-state index in [-0.39, 0.29) is 18.3 Å². The van der Waals surface area contributed by atoms with Gasteiger partial charge in [0.2, 0.25) is 0 Å². The van der Waals surface area contributed by atoms with E-state index in [1.54, 1.807) is 17.8 Å². The maximum Gasteiger partial charge on any atom is 0.255 e. The Morgan fingerprint density at radius 1 is 1.40 bits per heavy atom. The van der Waals surface area contributed by atoms with Crippen molar-refractivity contribution in [3.05, 3.63) is 28.8 Å². The van der Waals surface area contributed by atoms with Crippen LogP contribution in [0.4, 0.5) is 0 Å². The van der Waals surface area contributed by atoms with Crippen molar-refractivity contribution in [3.63, 3.8) is 0 Å². The Labute approximate surface area is 135 Å². The van der Waals surface area contributed by atoms with E-state index in [2.05, 4.69) is 5.32 Å². The Morgan fingerprint density at radius 2 is 2.05 bits per heavy atom. The third-order valence-corrected chi connectivity index (χ3v) is 4.64. The van der Waals surface area contributed by atoms with E-state index >= 15 is 0 Å². The van der Waals surface area contributed by atoms with Crippen LogP contribution in [0, 0.1) is 0 Å². The molecule has 0 spiro atoms. The molecular weight excluding hydrogens is 315 g/mol. The van der Waals surface area contributed by atoms with Gasteiger partial charge in [0.25, 0.3) is 5.91 Å². The summed E-state index contributed by atoms with van der Waals surface area (Å²) in [6.07, 6.45) is 4.00. The SMILES string of the molecule is CSc1ccc(Cl)c(C(=O)N(C)C2CCNCC2)c1.Cl. The van der Waals surface area contributed by atoms with Gasteiger partial charge in [0.15, 0.2) is 0 Å². The van der Waals surface area contributed by atoms with Crippen molar-refractivity contribution >= 4 is 41.7 Å². The third kappa shape index (κ3) is 4.04. The standard InChI is InChI=1S/C14H19ClN2OS.ClH/c1-17(10-5-7-16-8-6-10)14(18)12-9-11(19-2)3-4-13(12)15;/h3-4,9-10,16H,5-8H2,1-2H3;1H. The van der Waals surface area contributed by atoms with Gasteiger partial charge in [-0.25, -0.2) is 0 Å². The molecule has 112 valence electrons. The lowest BCUT2D eigenvalue weighted by molar-refractivity contribution is 0.0703. The zero-order chi connectivity index (χ0) is 13.8. The van der Waals surface area contributed by atoms with Crippen LogP contribution in [0.15, 0.2) is 23.1 Å². The van der Waals surface area contributed by atoms with Crippen LogP contribution >= 0.6 is 35.8 Å². The summed E-state index contributed by atoms with van der Waals surface area (Å²) in [5.74, 6) is 0.0211. The van der Waals surface area contributed by atoms with Crippen molar-refractivity contribution in [2.75, 3.05) is 26.4 Å². The Morgan fingerprint density at radius 3 is 2.65 bits per heavy atom. The molecule has 0 aromatic heterocycles. The molecule has 0 bridgehead atoms. The van der Waals surface area contributed by atoms with Gasteiger partial charge in [-0.2, -0.15) is 0 Å². The number of hydrogen-bond donors (Lipinski definition) is 1. The lowest BCUT2D eigenvalue weighted by Gasteiger charge is -2.32. The summed E-state index contributed by atoms with van der Waals surface area (Å²) in [5, 5.41) is 3.84. The molecule has 1 amide bonds. The number of halogens is 2. The smallest absolute Gasteiger partial charge is 0.255 e. The third-order valence-electron chi connectivity index (χ3n) is 3.58. The van der Waals surface area contributed by atoms with Crippen molar-refractivity contribution in [2.24, 2.45) is 0 Å². The Balaban J connectivity index is 0.00000200. The van der Waals surface area contributed by atoms with Crippen LogP contribution in [0.1, 0.15) is 23.2 Å². The van der Waals surface area contributed by atoms with Crippen LogP contribution in [0.3, 0.4) is 0 Å². The lowest BCUT2D eigenvalue weighted by atomic mass is 10.0. The highest BCUT2D eigenvalue weighted by Crippen LogP contribution is 2.25. The first-order valence-corrected chi connectivity index (χ1v) is 8.05. The fourth-order valence-electron chi connectivity index (χ4n) is 2.35. The summed E-state index contributed by atoms with van der Waals surface area (Å²) in [5.41, 5.74) is 0.606.